The van der Waals surface area contributed by atoms with Crippen molar-refractivity contribution < 1.29 is 23.1 Å². The molecule has 1 saturated heterocycles. The third-order valence-electron chi connectivity index (χ3n) is 3.53. The van der Waals surface area contributed by atoms with Gasteiger partial charge in [-0.3, -0.25) is 4.79 Å². The average molecular weight is 306 g/mol. The Morgan fingerprint density at radius 3 is 2.60 bits per heavy atom. The lowest BCUT2D eigenvalue weighted by atomic mass is 9.99. The Labute approximate surface area is 119 Å². The predicted octanol–water partition coefficient (Wildman–Crippen LogP) is -0.621. The van der Waals surface area contributed by atoms with Crippen LogP contribution in [0.25, 0.3) is 0 Å². The smallest absolute Gasteiger partial charge is 0.326 e. The molecule has 1 heterocycles. The van der Waals surface area contributed by atoms with Gasteiger partial charge in [0.25, 0.3) is 0 Å². The van der Waals surface area contributed by atoms with Crippen LogP contribution < -0.4 is 10.6 Å². The van der Waals surface area contributed by atoms with Crippen LogP contribution in [0, 0.1) is 5.92 Å². The maximum Gasteiger partial charge on any atom is 0.326 e. The van der Waals surface area contributed by atoms with E-state index in [0.29, 0.717) is 13.0 Å². The minimum Gasteiger partial charge on any atom is -0.480 e. The number of aliphatic carboxylic acids is 1. The van der Waals surface area contributed by atoms with Gasteiger partial charge >= 0.3 is 5.97 Å². The Morgan fingerprint density at radius 1 is 1.45 bits per heavy atom. The predicted molar refractivity (Wildman–Crippen MR) is 74.1 cm³/mol. The van der Waals surface area contributed by atoms with Gasteiger partial charge in [0.15, 0.2) is 9.84 Å². The van der Waals surface area contributed by atoms with Crippen LogP contribution in [0.1, 0.15) is 26.7 Å². The Kier molecular flexibility index (Phi) is 5.94. The summed E-state index contributed by atoms with van der Waals surface area (Å²) >= 11 is 0. The van der Waals surface area contributed by atoms with Crippen LogP contribution in [0.5, 0.6) is 0 Å². The molecule has 0 saturated carbocycles. The van der Waals surface area contributed by atoms with E-state index < -0.39 is 33.8 Å². The summed E-state index contributed by atoms with van der Waals surface area (Å²) in [4.78, 5) is 23.0. The zero-order valence-corrected chi connectivity index (χ0v) is 12.6. The minimum atomic E-state index is -3.10. The summed E-state index contributed by atoms with van der Waals surface area (Å²) < 4.78 is 22.9. The Balaban J connectivity index is 2.56. The molecule has 7 nitrogen and oxygen atoms in total. The molecule has 0 bridgehead atoms. The highest BCUT2D eigenvalue weighted by molar-refractivity contribution is 7.91. The Bertz CT molecular complexity index is 462. The highest BCUT2D eigenvalue weighted by atomic mass is 32.2. The number of sulfone groups is 1. The Morgan fingerprint density at radius 2 is 2.10 bits per heavy atom. The van der Waals surface area contributed by atoms with Crippen molar-refractivity contribution in [2.24, 2.45) is 5.92 Å². The number of rotatable bonds is 6. The topological polar surface area (TPSA) is 113 Å². The maximum atomic E-state index is 11.8. The fourth-order valence-electron chi connectivity index (χ4n) is 2.14. The molecular formula is C12H22N2O5S. The van der Waals surface area contributed by atoms with E-state index in [1.165, 1.54) is 0 Å². The van der Waals surface area contributed by atoms with Gasteiger partial charge in [-0.2, -0.15) is 0 Å². The molecule has 1 fully saturated rings. The summed E-state index contributed by atoms with van der Waals surface area (Å²) in [6, 6.07) is -1.38. The van der Waals surface area contributed by atoms with E-state index in [2.05, 4.69) is 10.6 Å². The van der Waals surface area contributed by atoms with Crippen molar-refractivity contribution in [2.45, 2.75) is 38.8 Å². The molecule has 2 unspecified atom stereocenters. The molecule has 3 atom stereocenters. The largest absolute Gasteiger partial charge is 0.480 e. The van der Waals surface area contributed by atoms with Crippen LogP contribution >= 0.6 is 0 Å². The van der Waals surface area contributed by atoms with Crippen molar-refractivity contribution in [1.29, 1.82) is 0 Å². The summed E-state index contributed by atoms with van der Waals surface area (Å²) in [7, 11) is -3.10. The molecule has 0 aromatic carbocycles. The first-order chi connectivity index (χ1) is 9.25. The number of nitrogens with one attached hydrogen (secondary N) is 2. The van der Waals surface area contributed by atoms with Crippen molar-refractivity contribution >= 4 is 21.7 Å². The van der Waals surface area contributed by atoms with Crippen LogP contribution in [-0.2, 0) is 19.4 Å². The monoisotopic (exact) mass is 306 g/mol. The highest BCUT2D eigenvalue weighted by Crippen LogP contribution is 2.10. The van der Waals surface area contributed by atoms with E-state index in [9.17, 15) is 18.0 Å². The second-order valence-corrected chi connectivity index (χ2v) is 7.47. The zero-order valence-electron chi connectivity index (χ0n) is 11.8. The van der Waals surface area contributed by atoms with Gasteiger partial charge in [-0.05, 0) is 5.92 Å². The quantitative estimate of drug-likeness (QED) is 0.603. The molecule has 1 aliphatic rings. The first-order valence-electron chi connectivity index (χ1n) is 6.71. The molecular weight excluding hydrogens is 284 g/mol. The summed E-state index contributed by atoms with van der Waals surface area (Å²) in [5, 5.41) is 14.5. The number of carboxylic acid groups (broad SMARTS) is 1. The van der Waals surface area contributed by atoms with E-state index >= 15 is 0 Å². The molecule has 0 aliphatic carbocycles. The molecule has 1 rings (SSSR count). The molecule has 1 amide bonds. The van der Waals surface area contributed by atoms with Gasteiger partial charge in [0.2, 0.25) is 5.91 Å². The molecule has 20 heavy (non-hydrogen) atoms. The summed E-state index contributed by atoms with van der Waals surface area (Å²) in [6.45, 7) is 3.93. The fourth-order valence-corrected chi connectivity index (χ4v) is 3.58. The van der Waals surface area contributed by atoms with Gasteiger partial charge in [-0.25, -0.2) is 13.2 Å². The number of hydrogen-bond donors (Lipinski definition) is 3. The van der Waals surface area contributed by atoms with Crippen LogP contribution in [0.3, 0.4) is 0 Å². The second-order valence-electron chi connectivity index (χ2n) is 5.24. The number of carboxylic acids is 1. The first-order valence-corrected chi connectivity index (χ1v) is 8.53. The van der Waals surface area contributed by atoms with Gasteiger partial charge in [0.1, 0.15) is 6.04 Å². The third kappa shape index (κ3) is 5.09. The molecule has 8 heteroatoms. The average Bonchev–Trinajstić information content (AvgIpc) is 2.33. The zero-order chi connectivity index (χ0) is 15.3. The molecule has 116 valence electrons. The van der Waals surface area contributed by atoms with Crippen molar-refractivity contribution in [3.05, 3.63) is 0 Å². The summed E-state index contributed by atoms with van der Waals surface area (Å²) in [5.74, 6) is -1.69. The molecule has 0 aromatic heterocycles. The number of carbonyl (C=O) groups excluding carboxylic acids is 1. The van der Waals surface area contributed by atoms with Gasteiger partial charge < -0.3 is 15.7 Å². The standard InChI is InChI=1S/C12H22N2O5S/c1-3-8(2)11(12(16)17)14-10(15)6-9-7-20(18,19)5-4-13-9/h8-9,11,13H,3-7H2,1-2H3,(H,14,15)(H,16,17)/t8?,9?,11-/m0/s1. The molecule has 1 aliphatic heterocycles. The van der Waals surface area contributed by atoms with Crippen molar-refractivity contribution in [3.8, 4) is 0 Å². The Hall–Kier alpha value is -1.15. The van der Waals surface area contributed by atoms with E-state index in [4.69, 9.17) is 5.11 Å². The number of amides is 1. The highest BCUT2D eigenvalue weighted by Gasteiger charge is 2.29. The van der Waals surface area contributed by atoms with Crippen LogP contribution in [0.4, 0.5) is 0 Å². The van der Waals surface area contributed by atoms with E-state index in [-0.39, 0.29) is 23.8 Å². The normalized spacial score (nSPS) is 24.6. The van der Waals surface area contributed by atoms with Gasteiger partial charge in [0.05, 0.1) is 11.5 Å². The van der Waals surface area contributed by atoms with Crippen LogP contribution in [0.2, 0.25) is 0 Å². The van der Waals surface area contributed by atoms with E-state index in [1.807, 2.05) is 6.92 Å². The van der Waals surface area contributed by atoms with Crippen LogP contribution in [0.15, 0.2) is 0 Å². The van der Waals surface area contributed by atoms with Gasteiger partial charge in [0, 0.05) is 19.0 Å². The summed E-state index contributed by atoms with van der Waals surface area (Å²) in [6.07, 6.45) is 0.604. The third-order valence-corrected chi connectivity index (χ3v) is 5.26. The van der Waals surface area contributed by atoms with Crippen LogP contribution in [-0.4, -0.2) is 55.5 Å². The number of carbonyl (C=O) groups is 2. The van der Waals surface area contributed by atoms with E-state index in [1.54, 1.807) is 6.92 Å². The van der Waals surface area contributed by atoms with Crippen molar-refractivity contribution in [2.75, 3.05) is 18.1 Å². The first kappa shape index (κ1) is 16.9. The lowest BCUT2D eigenvalue weighted by molar-refractivity contribution is -0.143. The summed E-state index contributed by atoms with van der Waals surface area (Å²) in [5.41, 5.74) is 0. The molecule has 3 N–H and O–H groups in total. The van der Waals surface area contributed by atoms with Gasteiger partial charge in [-0.1, -0.05) is 20.3 Å². The van der Waals surface area contributed by atoms with Crippen molar-refractivity contribution in [3.63, 3.8) is 0 Å². The van der Waals surface area contributed by atoms with Gasteiger partial charge in [-0.15, -0.1) is 0 Å². The molecule has 0 spiro atoms. The molecule has 0 radical (unpaired) electrons. The lowest BCUT2D eigenvalue weighted by Gasteiger charge is -2.25. The molecule has 0 aromatic rings. The minimum absolute atomic E-state index is 0.0283. The fraction of sp³-hybridized carbons (Fsp3) is 0.833. The maximum absolute atomic E-state index is 11.8. The van der Waals surface area contributed by atoms with Crippen molar-refractivity contribution in [1.82, 2.24) is 10.6 Å². The lowest BCUT2D eigenvalue weighted by Crippen LogP contribution is -2.50. The van der Waals surface area contributed by atoms with E-state index in [0.717, 1.165) is 0 Å². The SMILES string of the molecule is CCC(C)[C@H](NC(=O)CC1CS(=O)(=O)CCN1)C(=O)O. The number of hydrogen-bond acceptors (Lipinski definition) is 5. The second kappa shape index (κ2) is 7.03.